The van der Waals surface area contributed by atoms with Crippen molar-refractivity contribution in [3.05, 3.63) is 66.2 Å². The first-order valence-corrected chi connectivity index (χ1v) is 10.2. The molecule has 0 bridgehead atoms. The molecule has 0 spiro atoms. The first-order chi connectivity index (χ1) is 14.6. The van der Waals surface area contributed by atoms with Crippen molar-refractivity contribution in [3.8, 4) is 17.2 Å². The van der Waals surface area contributed by atoms with E-state index in [1.807, 2.05) is 25.2 Å². The average Bonchev–Trinajstić information content (AvgIpc) is 3.40. The summed E-state index contributed by atoms with van der Waals surface area (Å²) in [6.45, 7) is 5.74. The van der Waals surface area contributed by atoms with Gasteiger partial charge in [0.2, 0.25) is 12.7 Å². The normalized spacial score (nSPS) is 20.2. The summed E-state index contributed by atoms with van der Waals surface area (Å²) < 4.78 is 16.3. The van der Waals surface area contributed by atoms with Crippen molar-refractivity contribution in [2.45, 2.75) is 18.4 Å². The van der Waals surface area contributed by atoms with Gasteiger partial charge in [-0.15, -0.1) is 6.58 Å². The van der Waals surface area contributed by atoms with E-state index in [2.05, 4.69) is 35.7 Å². The average molecular weight is 408 g/mol. The van der Waals surface area contributed by atoms with Crippen LogP contribution in [0.25, 0.3) is 0 Å². The lowest BCUT2D eigenvalue weighted by Gasteiger charge is -2.26. The number of carbonyl (C=O) groups excluding carboxylic acids is 1. The highest BCUT2D eigenvalue weighted by atomic mass is 16.7. The van der Waals surface area contributed by atoms with Gasteiger partial charge in [0.15, 0.2) is 11.5 Å². The second-order valence-corrected chi connectivity index (χ2v) is 7.83. The van der Waals surface area contributed by atoms with E-state index in [-0.39, 0.29) is 18.7 Å². The maximum absolute atomic E-state index is 12.7. The summed E-state index contributed by atoms with van der Waals surface area (Å²) in [6, 6.07) is 14.5. The maximum atomic E-state index is 12.7. The lowest BCUT2D eigenvalue weighted by atomic mass is 9.93. The molecule has 1 fully saturated rings. The van der Waals surface area contributed by atoms with Crippen molar-refractivity contribution in [1.29, 1.82) is 0 Å². The Kier molecular flexibility index (Phi) is 5.95. The first-order valence-electron chi connectivity index (χ1n) is 10.2. The zero-order valence-corrected chi connectivity index (χ0v) is 17.5. The van der Waals surface area contributed by atoms with Crippen LogP contribution in [0.2, 0.25) is 0 Å². The minimum absolute atomic E-state index is 0.0970. The summed E-state index contributed by atoms with van der Waals surface area (Å²) >= 11 is 0. The molecule has 6 nitrogen and oxygen atoms in total. The van der Waals surface area contributed by atoms with Gasteiger partial charge in [-0.3, -0.25) is 9.69 Å². The number of carbonyl (C=O) groups is 1. The molecule has 2 aliphatic rings. The van der Waals surface area contributed by atoms with Gasteiger partial charge in [-0.1, -0.05) is 24.3 Å². The summed E-state index contributed by atoms with van der Waals surface area (Å²) in [4.78, 5) is 16.7. The van der Waals surface area contributed by atoms with E-state index in [9.17, 15) is 4.79 Å². The summed E-state index contributed by atoms with van der Waals surface area (Å²) in [5.41, 5.74) is 2.41. The largest absolute Gasteiger partial charge is 0.497 e. The highest BCUT2D eigenvalue weighted by Gasteiger charge is 2.36. The van der Waals surface area contributed by atoms with Crippen LogP contribution >= 0.6 is 0 Å². The lowest BCUT2D eigenvalue weighted by Crippen LogP contribution is -2.38. The van der Waals surface area contributed by atoms with Crippen molar-refractivity contribution in [1.82, 2.24) is 9.80 Å². The Balaban J connectivity index is 1.57. The number of benzene rings is 2. The van der Waals surface area contributed by atoms with E-state index in [1.54, 1.807) is 18.1 Å². The summed E-state index contributed by atoms with van der Waals surface area (Å²) in [6.07, 6.45) is 2.68. The third kappa shape index (κ3) is 4.14. The summed E-state index contributed by atoms with van der Waals surface area (Å²) in [5, 5.41) is 0. The Labute approximate surface area is 177 Å². The highest BCUT2D eigenvalue weighted by molar-refractivity contribution is 5.78. The summed E-state index contributed by atoms with van der Waals surface area (Å²) in [5.74, 6) is 2.83. The molecule has 0 radical (unpaired) electrons. The zero-order chi connectivity index (χ0) is 21.1. The lowest BCUT2D eigenvalue weighted by molar-refractivity contribution is -0.130. The van der Waals surface area contributed by atoms with Gasteiger partial charge in [-0.05, 0) is 47.7 Å². The monoisotopic (exact) mass is 408 g/mol. The van der Waals surface area contributed by atoms with Crippen molar-refractivity contribution < 1.29 is 19.0 Å². The zero-order valence-electron chi connectivity index (χ0n) is 17.5. The number of likely N-dealkylation sites (tertiary alicyclic amines) is 1. The fraction of sp³-hybridized carbons (Fsp3) is 0.375. The molecule has 4 rings (SSSR count). The van der Waals surface area contributed by atoms with Crippen LogP contribution in [0.5, 0.6) is 17.2 Å². The molecule has 6 heteroatoms. The third-order valence-corrected chi connectivity index (χ3v) is 5.94. The van der Waals surface area contributed by atoms with Gasteiger partial charge in [0.25, 0.3) is 0 Å². The second kappa shape index (κ2) is 8.79. The van der Waals surface area contributed by atoms with Gasteiger partial charge in [-0.25, -0.2) is 0 Å². The maximum Gasteiger partial charge on any atom is 0.236 e. The second-order valence-electron chi connectivity index (χ2n) is 7.83. The van der Waals surface area contributed by atoms with Gasteiger partial charge >= 0.3 is 0 Å². The van der Waals surface area contributed by atoms with Gasteiger partial charge < -0.3 is 19.1 Å². The van der Waals surface area contributed by atoms with Crippen molar-refractivity contribution >= 4 is 5.91 Å². The molecule has 2 aromatic rings. The van der Waals surface area contributed by atoms with Crippen LogP contribution in [0.1, 0.15) is 29.5 Å². The highest BCUT2D eigenvalue weighted by Crippen LogP contribution is 2.43. The number of hydrogen-bond donors (Lipinski definition) is 0. The van der Waals surface area contributed by atoms with Crippen LogP contribution in [0.3, 0.4) is 0 Å². The molecular weight excluding hydrogens is 380 g/mol. The summed E-state index contributed by atoms with van der Waals surface area (Å²) in [7, 11) is 3.48. The minimum Gasteiger partial charge on any atom is -0.497 e. The fourth-order valence-corrected chi connectivity index (χ4v) is 4.25. The molecule has 0 aromatic heterocycles. The predicted octanol–water partition coefficient (Wildman–Crippen LogP) is 3.60. The van der Waals surface area contributed by atoms with Crippen molar-refractivity contribution in [2.24, 2.45) is 0 Å². The molecule has 30 heavy (non-hydrogen) atoms. The number of likely N-dealkylation sites (N-methyl/N-ethyl adjacent to an activating group) is 1. The Morgan fingerprint density at radius 2 is 1.93 bits per heavy atom. The number of ether oxygens (including phenoxy) is 3. The van der Waals surface area contributed by atoms with Crippen LogP contribution in [0, 0.1) is 0 Å². The van der Waals surface area contributed by atoms with Crippen LogP contribution in [0.15, 0.2) is 55.1 Å². The van der Waals surface area contributed by atoms with Crippen LogP contribution in [0.4, 0.5) is 0 Å². The van der Waals surface area contributed by atoms with E-state index < -0.39 is 0 Å². The molecule has 2 heterocycles. The third-order valence-electron chi connectivity index (χ3n) is 5.94. The van der Waals surface area contributed by atoms with Crippen molar-refractivity contribution in [3.63, 3.8) is 0 Å². The van der Waals surface area contributed by atoms with Crippen LogP contribution in [-0.4, -0.2) is 56.3 Å². The van der Waals surface area contributed by atoms with Crippen LogP contribution in [-0.2, 0) is 4.79 Å². The molecule has 1 saturated heterocycles. The van der Waals surface area contributed by atoms with Gasteiger partial charge in [0.05, 0.1) is 13.7 Å². The Hall–Kier alpha value is -2.99. The molecule has 158 valence electrons. The number of methoxy groups -OCH3 is 1. The fourth-order valence-electron chi connectivity index (χ4n) is 4.25. The predicted molar refractivity (Wildman–Crippen MR) is 115 cm³/mol. The Morgan fingerprint density at radius 3 is 2.67 bits per heavy atom. The number of fused-ring (bicyclic) bond motifs is 1. The van der Waals surface area contributed by atoms with Crippen LogP contribution < -0.4 is 14.2 Å². The molecule has 0 saturated carbocycles. The van der Waals surface area contributed by atoms with Gasteiger partial charge in [0.1, 0.15) is 5.75 Å². The molecule has 0 N–H and O–H groups in total. The topological polar surface area (TPSA) is 51.2 Å². The SMILES string of the molecule is C=CCN(C)C(=O)CN1CC(c2ccc3c(c2)OCO3)CC1c1ccc(OC)cc1. The first kappa shape index (κ1) is 20.3. The Morgan fingerprint density at radius 1 is 1.20 bits per heavy atom. The minimum atomic E-state index is 0.0970. The standard InChI is InChI=1S/C24H28N2O4/c1-4-11-25(2)24(27)15-26-14-19(18-7-10-22-23(13-18)30-16-29-22)12-21(26)17-5-8-20(28-3)9-6-17/h4-10,13,19,21H,1,11-12,14-16H2,2-3H3. The molecule has 2 aliphatic heterocycles. The van der Waals surface area contributed by atoms with E-state index in [0.717, 1.165) is 30.2 Å². The van der Waals surface area contributed by atoms with Gasteiger partial charge in [-0.2, -0.15) is 0 Å². The molecule has 2 aromatic carbocycles. The smallest absolute Gasteiger partial charge is 0.236 e. The molecule has 2 atom stereocenters. The molecule has 1 amide bonds. The van der Waals surface area contributed by atoms with E-state index in [1.165, 1.54) is 11.1 Å². The van der Waals surface area contributed by atoms with E-state index in [4.69, 9.17) is 14.2 Å². The number of amides is 1. The molecular formula is C24H28N2O4. The quantitative estimate of drug-likeness (QED) is 0.656. The van der Waals surface area contributed by atoms with E-state index >= 15 is 0 Å². The molecule has 0 aliphatic carbocycles. The molecule has 2 unspecified atom stereocenters. The van der Waals surface area contributed by atoms with Gasteiger partial charge in [0, 0.05) is 26.2 Å². The Bertz CT molecular complexity index is 912. The van der Waals surface area contributed by atoms with E-state index in [0.29, 0.717) is 19.0 Å². The number of nitrogens with zero attached hydrogens (tertiary/aromatic N) is 2. The number of hydrogen-bond acceptors (Lipinski definition) is 5. The van der Waals surface area contributed by atoms with Crippen molar-refractivity contribution in [2.75, 3.05) is 40.6 Å². The number of rotatable bonds is 7.